The first-order chi connectivity index (χ1) is 8.80. The van der Waals surface area contributed by atoms with Gasteiger partial charge in [-0.15, -0.1) is 0 Å². The zero-order valence-electron chi connectivity index (χ0n) is 10.7. The molecule has 1 heterocycles. The molecule has 6 nitrogen and oxygen atoms in total. The van der Waals surface area contributed by atoms with Crippen LogP contribution in [0.1, 0.15) is 13.8 Å². The Balaban J connectivity index is 2.29. The lowest BCUT2D eigenvalue weighted by Gasteiger charge is -2.33. The number of anilines is 1. The molecule has 0 spiro atoms. The molecule has 8 heteroatoms. The fraction of sp³-hybridized carbons (Fsp3) is 0.455. The largest absolute Gasteiger partial charge is 0.494 e. The van der Waals surface area contributed by atoms with Crippen molar-refractivity contribution in [3.8, 4) is 0 Å². The molecule has 2 N–H and O–H groups in total. The maximum atomic E-state index is 10.9. The molecule has 1 aliphatic rings. The van der Waals surface area contributed by atoms with Crippen molar-refractivity contribution < 1.29 is 14.2 Å². The topological polar surface area (TPSA) is 87.6 Å². The molecule has 1 aromatic rings. The first kappa shape index (κ1) is 14.1. The number of hydrogen-bond acceptors (Lipinski definition) is 5. The van der Waals surface area contributed by atoms with E-state index in [1.54, 1.807) is 0 Å². The fourth-order valence-electron chi connectivity index (χ4n) is 1.80. The minimum Gasteiger partial charge on any atom is -0.407 e. The van der Waals surface area contributed by atoms with Crippen molar-refractivity contribution in [1.29, 1.82) is 0 Å². The number of nitrogen functional groups attached to an aromatic ring is 1. The number of benzene rings is 1. The Morgan fingerprint density at radius 1 is 1.42 bits per heavy atom. The van der Waals surface area contributed by atoms with Crippen molar-refractivity contribution in [2.45, 2.75) is 13.8 Å². The predicted octanol–water partition coefficient (Wildman–Crippen LogP) is 1.60. The molecule has 1 aromatic carbocycles. The van der Waals surface area contributed by atoms with Gasteiger partial charge in [0.15, 0.2) is 0 Å². The van der Waals surface area contributed by atoms with Crippen LogP contribution >= 0.6 is 11.6 Å². The highest BCUT2D eigenvalue weighted by Gasteiger charge is 2.35. The van der Waals surface area contributed by atoms with Gasteiger partial charge in [0.25, 0.3) is 5.69 Å². The van der Waals surface area contributed by atoms with E-state index >= 15 is 0 Å². The van der Waals surface area contributed by atoms with Gasteiger partial charge in [0.2, 0.25) is 0 Å². The SMILES string of the molecule is CC1(C)COB(c2cc(Cl)c(N)c([N+](=O)[O-])c2)OC1. The molecular formula is C11H14BClN2O4. The van der Waals surface area contributed by atoms with E-state index in [-0.39, 0.29) is 21.8 Å². The first-order valence-corrected chi connectivity index (χ1v) is 6.14. The minimum atomic E-state index is -0.648. The highest BCUT2D eigenvalue weighted by Crippen LogP contribution is 2.29. The third-order valence-corrected chi connectivity index (χ3v) is 3.16. The number of hydrogen-bond donors (Lipinski definition) is 1. The van der Waals surface area contributed by atoms with E-state index in [9.17, 15) is 10.1 Å². The summed E-state index contributed by atoms with van der Waals surface area (Å²) in [6, 6.07) is 2.87. The lowest BCUT2D eigenvalue weighted by atomic mass is 9.75. The average molecular weight is 285 g/mol. The van der Waals surface area contributed by atoms with Crippen LogP contribution in [0, 0.1) is 15.5 Å². The van der Waals surface area contributed by atoms with Gasteiger partial charge in [-0.1, -0.05) is 25.4 Å². The maximum Gasteiger partial charge on any atom is 0.494 e. The normalized spacial score (nSPS) is 18.4. The van der Waals surface area contributed by atoms with Gasteiger partial charge in [-0.2, -0.15) is 0 Å². The Morgan fingerprint density at radius 2 is 2.00 bits per heavy atom. The van der Waals surface area contributed by atoms with Crippen LogP contribution in [-0.4, -0.2) is 25.3 Å². The van der Waals surface area contributed by atoms with Gasteiger partial charge in [0, 0.05) is 24.7 Å². The zero-order valence-corrected chi connectivity index (χ0v) is 11.4. The quantitative estimate of drug-likeness (QED) is 0.386. The number of nitro benzene ring substituents is 1. The van der Waals surface area contributed by atoms with Gasteiger partial charge in [0.05, 0.1) is 9.95 Å². The molecule has 0 radical (unpaired) electrons. The monoisotopic (exact) mass is 284 g/mol. The molecule has 1 aliphatic heterocycles. The summed E-state index contributed by atoms with van der Waals surface area (Å²) in [6.07, 6.45) is 0. The number of nitro groups is 1. The molecular weight excluding hydrogens is 270 g/mol. The second-order valence-electron chi connectivity index (χ2n) is 5.31. The van der Waals surface area contributed by atoms with Crippen LogP contribution in [-0.2, 0) is 9.31 Å². The Labute approximate surface area is 116 Å². The lowest BCUT2D eigenvalue weighted by Crippen LogP contribution is -2.47. The fourth-order valence-corrected chi connectivity index (χ4v) is 2.02. The van der Waals surface area contributed by atoms with E-state index in [0.29, 0.717) is 18.7 Å². The molecule has 0 aromatic heterocycles. The van der Waals surface area contributed by atoms with Gasteiger partial charge < -0.3 is 15.0 Å². The molecule has 0 bridgehead atoms. The molecule has 19 heavy (non-hydrogen) atoms. The summed E-state index contributed by atoms with van der Waals surface area (Å²) in [5.41, 5.74) is 5.72. The number of nitrogens with zero attached hydrogens (tertiary/aromatic N) is 1. The van der Waals surface area contributed by atoms with E-state index in [0.717, 1.165) is 0 Å². The highest BCUT2D eigenvalue weighted by atomic mass is 35.5. The van der Waals surface area contributed by atoms with Crippen molar-refractivity contribution >= 4 is 35.6 Å². The van der Waals surface area contributed by atoms with Crippen molar-refractivity contribution in [2.75, 3.05) is 18.9 Å². The van der Waals surface area contributed by atoms with Crippen LogP contribution in [0.15, 0.2) is 12.1 Å². The Hall–Kier alpha value is -1.31. The first-order valence-electron chi connectivity index (χ1n) is 5.77. The van der Waals surface area contributed by atoms with Crippen LogP contribution in [0.4, 0.5) is 11.4 Å². The third kappa shape index (κ3) is 2.99. The standard InChI is InChI=1S/C11H14BClN2O4/c1-11(2)5-18-12(19-6-11)7-3-8(13)10(14)9(4-7)15(16)17/h3-4H,5-6,14H2,1-2H3. The van der Waals surface area contributed by atoms with Crippen molar-refractivity contribution in [3.05, 3.63) is 27.3 Å². The molecule has 1 saturated heterocycles. The Morgan fingerprint density at radius 3 is 2.53 bits per heavy atom. The van der Waals surface area contributed by atoms with E-state index in [1.807, 2.05) is 13.8 Å². The van der Waals surface area contributed by atoms with Crippen molar-refractivity contribution in [2.24, 2.45) is 5.41 Å². The summed E-state index contributed by atoms with van der Waals surface area (Å²) in [4.78, 5) is 10.3. The molecule has 0 atom stereocenters. The van der Waals surface area contributed by atoms with E-state index in [2.05, 4.69) is 0 Å². The second-order valence-corrected chi connectivity index (χ2v) is 5.72. The maximum absolute atomic E-state index is 10.9. The third-order valence-electron chi connectivity index (χ3n) is 2.85. The van der Waals surface area contributed by atoms with Crippen LogP contribution in [0.3, 0.4) is 0 Å². The summed E-state index contributed by atoms with van der Waals surface area (Å²) in [5.74, 6) is 0. The molecule has 102 valence electrons. The summed E-state index contributed by atoms with van der Waals surface area (Å²) in [7, 11) is -0.648. The summed E-state index contributed by atoms with van der Waals surface area (Å²) < 4.78 is 11.1. The number of halogens is 1. The number of nitrogens with two attached hydrogens (primary N) is 1. The summed E-state index contributed by atoms with van der Waals surface area (Å²) in [6.45, 7) is 5.05. The van der Waals surface area contributed by atoms with Gasteiger partial charge in [-0.25, -0.2) is 0 Å². The van der Waals surface area contributed by atoms with Crippen molar-refractivity contribution in [1.82, 2.24) is 0 Å². The van der Waals surface area contributed by atoms with E-state index < -0.39 is 12.0 Å². The highest BCUT2D eigenvalue weighted by molar-refractivity contribution is 6.62. The molecule has 2 rings (SSSR count). The van der Waals surface area contributed by atoms with Crippen LogP contribution in [0.5, 0.6) is 0 Å². The van der Waals surface area contributed by atoms with Crippen LogP contribution < -0.4 is 11.2 Å². The lowest BCUT2D eigenvalue weighted by molar-refractivity contribution is -0.383. The van der Waals surface area contributed by atoms with Gasteiger partial charge in [-0.05, 0) is 11.5 Å². The molecule has 0 amide bonds. The van der Waals surface area contributed by atoms with Gasteiger partial charge in [0.1, 0.15) is 5.69 Å². The Kier molecular flexibility index (Phi) is 3.71. The van der Waals surface area contributed by atoms with Crippen molar-refractivity contribution in [3.63, 3.8) is 0 Å². The Bertz CT molecular complexity index is 514. The summed E-state index contributed by atoms with van der Waals surface area (Å²) >= 11 is 5.90. The molecule has 0 saturated carbocycles. The summed E-state index contributed by atoms with van der Waals surface area (Å²) in [5, 5.41) is 11.0. The minimum absolute atomic E-state index is 0.0495. The molecule has 0 aliphatic carbocycles. The van der Waals surface area contributed by atoms with E-state index in [4.69, 9.17) is 26.6 Å². The van der Waals surface area contributed by atoms with Gasteiger partial charge in [-0.3, -0.25) is 10.1 Å². The van der Waals surface area contributed by atoms with E-state index in [1.165, 1.54) is 12.1 Å². The predicted molar refractivity (Wildman–Crippen MR) is 73.6 cm³/mol. The van der Waals surface area contributed by atoms with Crippen LogP contribution in [0.2, 0.25) is 5.02 Å². The van der Waals surface area contributed by atoms with Crippen LogP contribution in [0.25, 0.3) is 0 Å². The van der Waals surface area contributed by atoms with Gasteiger partial charge >= 0.3 is 7.12 Å². The molecule has 1 fully saturated rings. The zero-order chi connectivity index (χ0) is 14.2. The smallest absolute Gasteiger partial charge is 0.407 e. The molecule has 0 unspecified atom stereocenters. The average Bonchev–Trinajstić information content (AvgIpc) is 2.32. The number of rotatable bonds is 2. The second kappa shape index (κ2) is 4.99.